The number of hydrogen-bond donors (Lipinski definition) is 0. The average Bonchev–Trinajstić information content (AvgIpc) is 2.60. The number of carbonyl (C=O) groups excluding carboxylic acids is 2. The molecular formula is C12H12BrNO3. The summed E-state index contributed by atoms with van der Waals surface area (Å²) in [5.74, 6) is -0.310. The topological polar surface area (TPSA) is 46.6 Å². The number of methoxy groups -OCH3 is 1. The number of carbonyl (C=O) groups is 2. The molecule has 1 amide bonds. The van der Waals surface area contributed by atoms with Crippen LogP contribution in [-0.2, 0) is 4.79 Å². The van der Waals surface area contributed by atoms with Gasteiger partial charge in [0, 0.05) is 11.9 Å². The Kier molecular flexibility index (Phi) is 3.47. The number of rotatable bonds is 4. The van der Waals surface area contributed by atoms with Gasteiger partial charge in [-0.2, -0.15) is 0 Å². The predicted octanol–water partition coefficient (Wildman–Crippen LogP) is 2.01. The lowest BCUT2D eigenvalue weighted by molar-refractivity contribution is -0.114. The molecule has 90 valence electrons. The van der Waals surface area contributed by atoms with Gasteiger partial charge in [0.1, 0.15) is 5.75 Å². The number of Topliss-reactive ketones (excluding diaryl/α,β-unsaturated/α-hetero) is 1. The SMILES string of the molecule is COc1ccc2c(c1)C(=O)C(=O)N2CCCBr. The fraction of sp³-hybridized carbons (Fsp3) is 0.333. The number of ether oxygens (including phenoxy) is 1. The van der Waals surface area contributed by atoms with E-state index in [2.05, 4.69) is 15.9 Å². The highest BCUT2D eigenvalue weighted by atomic mass is 79.9. The minimum absolute atomic E-state index is 0.434. The number of nitrogens with zero attached hydrogens (tertiary/aromatic N) is 1. The molecular weight excluding hydrogens is 286 g/mol. The lowest BCUT2D eigenvalue weighted by atomic mass is 10.1. The largest absolute Gasteiger partial charge is 0.497 e. The molecule has 0 saturated heterocycles. The van der Waals surface area contributed by atoms with E-state index in [-0.39, 0.29) is 0 Å². The normalized spacial score (nSPS) is 14.1. The molecule has 0 atom stereocenters. The third-order valence-electron chi connectivity index (χ3n) is 2.69. The molecule has 1 aliphatic heterocycles. The molecule has 0 radical (unpaired) electrons. The number of alkyl halides is 1. The van der Waals surface area contributed by atoms with Gasteiger partial charge in [0.25, 0.3) is 11.7 Å². The number of amides is 1. The average molecular weight is 298 g/mol. The first-order chi connectivity index (χ1) is 8.19. The van der Waals surface area contributed by atoms with E-state index in [1.807, 2.05) is 0 Å². The molecule has 0 unspecified atom stereocenters. The molecule has 1 aromatic rings. The third-order valence-corrected chi connectivity index (χ3v) is 3.25. The summed E-state index contributed by atoms with van der Waals surface area (Å²) >= 11 is 3.31. The van der Waals surface area contributed by atoms with Gasteiger partial charge >= 0.3 is 0 Å². The Morgan fingerprint density at radius 2 is 2.12 bits per heavy atom. The Morgan fingerprint density at radius 3 is 2.76 bits per heavy atom. The standard InChI is InChI=1S/C12H12BrNO3/c1-17-8-3-4-10-9(7-8)11(15)12(16)14(10)6-2-5-13/h3-4,7H,2,5-6H2,1H3. The van der Waals surface area contributed by atoms with Crippen molar-refractivity contribution in [1.29, 1.82) is 0 Å². The second-order valence-corrected chi connectivity index (χ2v) is 4.50. The Bertz CT molecular complexity index is 473. The van der Waals surface area contributed by atoms with Crippen molar-refractivity contribution in [1.82, 2.24) is 0 Å². The van der Waals surface area contributed by atoms with Crippen LogP contribution in [0, 0.1) is 0 Å². The van der Waals surface area contributed by atoms with E-state index in [4.69, 9.17) is 4.74 Å². The van der Waals surface area contributed by atoms with Gasteiger partial charge in [0.15, 0.2) is 0 Å². The van der Waals surface area contributed by atoms with Crippen molar-refractivity contribution in [2.24, 2.45) is 0 Å². The predicted molar refractivity (Wildman–Crippen MR) is 68.1 cm³/mol. The zero-order valence-corrected chi connectivity index (χ0v) is 11.0. The molecule has 4 nitrogen and oxygen atoms in total. The monoisotopic (exact) mass is 297 g/mol. The van der Waals surface area contributed by atoms with Crippen LogP contribution < -0.4 is 9.64 Å². The first-order valence-electron chi connectivity index (χ1n) is 5.29. The molecule has 1 heterocycles. The smallest absolute Gasteiger partial charge is 0.299 e. The molecule has 0 aromatic heterocycles. The van der Waals surface area contributed by atoms with E-state index >= 15 is 0 Å². The van der Waals surface area contributed by atoms with Crippen LogP contribution in [0.15, 0.2) is 18.2 Å². The Hall–Kier alpha value is -1.36. The van der Waals surface area contributed by atoms with E-state index in [0.29, 0.717) is 23.5 Å². The zero-order chi connectivity index (χ0) is 12.4. The van der Waals surface area contributed by atoms with Crippen LogP contribution in [0.3, 0.4) is 0 Å². The maximum atomic E-state index is 11.8. The van der Waals surface area contributed by atoms with E-state index in [0.717, 1.165) is 11.8 Å². The van der Waals surface area contributed by atoms with Crippen molar-refractivity contribution >= 4 is 33.3 Å². The van der Waals surface area contributed by atoms with E-state index < -0.39 is 11.7 Å². The van der Waals surface area contributed by atoms with Gasteiger partial charge in [0.2, 0.25) is 0 Å². The van der Waals surface area contributed by atoms with Crippen LogP contribution in [0.5, 0.6) is 5.75 Å². The Labute approximate surface area is 108 Å². The second kappa shape index (κ2) is 4.87. The molecule has 0 spiro atoms. The van der Waals surface area contributed by atoms with Gasteiger partial charge in [-0.05, 0) is 24.6 Å². The third kappa shape index (κ3) is 2.07. The second-order valence-electron chi connectivity index (χ2n) is 3.71. The molecule has 0 saturated carbocycles. The van der Waals surface area contributed by atoms with Crippen molar-refractivity contribution in [3.63, 3.8) is 0 Å². The Balaban J connectivity index is 2.36. The maximum absolute atomic E-state index is 11.8. The summed E-state index contributed by atoms with van der Waals surface area (Å²) in [5.41, 5.74) is 1.12. The minimum Gasteiger partial charge on any atom is -0.497 e. The van der Waals surface area contributed by atoms with E-state index in [1.165, 1.54) is 12.0 Å². The summed E-state index contributed by atoms with van der Waals surface area (Å²) in [4.78, 5) is 25.1. The first kappa shape index (κ1) is 12.1. The van der Waals surface area contributed by atoms with Gasteiger partial charge in [-0.3, -0.25) is 9.59 Å². The molecule has 0 fully saturated rings. The fourth-order valence-corrected chi connectivity index (χ4v) is 2.10. The van der Waals surface area contributed by atoms with Crippen LogP contribution in [0.2, 0.25) is 0 Å². The zero-order valence-electron chi connectivity index (χ0n) is 9.40. The first-order valence-corrected chi connectivity index (χ1v) is 6.41. The molecule has 1 aliphatic rings. The molecule has 0 bridgehead atoms. The summed E-state index contributed by atoms with van der Waals surface area (Å²) in [5, 5.41) is 0.802. The highest BCUT2D eigenvalue weighted by molar-refractivity contribution is 9.09. The van der Waals surface area contributed by atoms with E-state index in [1.54, 1.807) is 18.2 Å². The van der Waals surface area contributed by atoms with Crippen LogP contribution in [0.25, 0.3) is 0 Å². The van der Waals surface area contributed by atoms with Gasteiger partial charge in [-0.25, -0.2) is 0 Å². The van der Waals surface area contributed by atoms with Crippen LogP contribution in [0.1, 0.15) is 16.8 Å². The van der Waals surface area contributed by atoms with Gasteiger partial charge in [-0.1, -0.05) is 15.9 Å². The number of ketones is 1. The van der Waals surface area contributed by atoms with Gasteiger partial charge in [-0.15, -0.1) is 0 Å². The van der Waals surface area contributed by atoms with Gasteiger partial charge in [0.05, 0.1) is 18.4 Å². The van der Waals surface area contributed by atoms with Crippen LogP contribution >= 0.6 is 15.9 Å². The van der Waals surface area contributed by atoms with Crippen molar-refractivity contribution in [2.75, 3.05) is 23.9 Å². The molecule has 5 heteroatoms. The number of fused-ring (bicyclic) bond motifs is 1. The van der Waals surface area contributed by atoms with Crippen molar-refractivity contribution in [2.45, 2.75) is 6.42 Å². The van der Waals surface area contributed by atoms with Gasteiger partial charge < -0.3 is 9.64 Å². The summed E-state index contributed by atoms with van der Waals surface area (Å²) in [6.45, 7) is 0.551. The number of hydrogen-bond acceptors (Lipinski definition) is 3. The van der Waals surface area contributed by atoms with E-state index in [9.17, 15) is 9.59 Å². The maximum Gasteiger partial charge on any atom is 0.299 e. The Morgan fingerprint density at radius 1 is 1.35 bits per heavy atom. The molecule has 0 aliphatic carbocycles. The number of anilines is 1. The van der Waals surface area contributed by atoms with Crippen LogP contribution in [-0.4, -0.2) is 30.7 Å². The summed E-state index contributed by atoms with van der Waals surface area (Å²) in [7, 11) is 1.53. The fourth-order valence-electron chi connectivity index (χ4n) is 1.85. The molecule has 17 heavy (non-hydrogen) atoms. The molecule has 2 rings (SSSR count). The molecule has 0 N–H and O–H groups in total. The van der Waals surface area contributed by atoms with Crippen molar-refractivity contribution < 1.29 is 14.3 Å². The van der Waals surface area contributed by atoms with Crippen molar-refractivity contribution in [3.8, 4) is 5.75 Å². The highest BCUT2D eigenvalue weighted by Crippen LogP contribution is 2.32. The summed E-state index contributed by atoms with van der Waals surface area (Å²) in [6.07, 6.45) is 0.810. The summed E-state index contributed by atoms with van der Waals surface area (Å²) < 4.78 is 5.05. The lowest BCUT2D eigenvalue weighted by Crippen LogP contribution is -2.30. The lowest BCUT2D eigenvalue weighted by Gasteiger charge is -2.15. The van der Waals surface area contributed by atoms with Crippen molar-refractivity contribution in [3.05, 3.63) is 23.8 Å². The number of halogens is 1. The molecule has 1 aromatic carbocycles. The quantitative estimate of drug-likeness (QED) is 0.631. The highest BCUT2D eigenvalue weighted by Gasteiger charge is 2.35. The summed E-state index contributed by atoms with van der Waals surface area (Å²) in [6, 6.07) is 5.13. The van der Waals surface area contributed by atoms with Crippen LogP contribution in [0.4, 0.5) is 5.69 Å². The minimum atomic E-state index is -0.450. The number of benzene rings is 1.